The van der Waals surface area contributed by atoms with E-state index >= 15 is 0 Å². The number of nitrogens with one attached hydrogen (secondary N) is 1. The van der Waals surface area contributed by atoms with Gasteiger partial charge < -0.3 is 10.5 Å². The average Bonchev–Trinajstić information content (AvgIpc) is 2.29. The van der Waals surface area contributed by atoms with Crippen molar-refractivity contribution in [3.8, 4) is 5.75 Å². The molecule has 0 spiro atoms. The molecule has 0 bridgehead atoms. The molecule has 0 saturated heterocycles. The van der Waals surface area contributed by atoms with Crippen molar-refractivity contribution < 1.29 is 9.53 Å². The van der Waals surface area contributed by atoms with Gasteiger partial charge in [-0.15, -0.1) is 0 Å². The van der Waals surface area contributed by atoms with Gasteiger partial charge in [0.25, 0.3) is 0 Å². The van der Waals surface area contributed by atoms with Crippen molar-refractivity contribution in [3.63, 3.8) is 0 Å². The van der Waals surface area contributed by atoms with Crippen LogP contribution in [0, 0.1) is 11.3 Å². The molecule has 104 valence electrons. The van der Waals surface area contributed by atoms with E-state index in [9.17, 15) is 4.79 Å². The molecular formula is C13H13BCl2N2O2. The standard InChI is InChI=1S/C13H13BCl2N2O2/c1-6(2)8(13(18)19)5-11(17)20-12-9(15)3-7(14)4-10(12)16/h3-6,17H,1-2H3,(H2,18,19)/b8-5-,17-11?. The third kappa shape index (κ3) is 4.29. The number of ether oxygens (including phenoxy) is 1. The zero-order valence-corrected chi connectivity index (χ0v) is 12.5. The van der Waals surface area contributed by atoms with E-state index < -0.39 is 5.91 Å². The van der Waals surface area contributed by atoms with Crippen LogP contribution in [0.25, 0.3) is 0 Å². The van der Waals surface area contributed by atoms with Crippen LogP contribution in [-0.2, 0) is 4.79 Å². The predicted octanol–water partition coefficient (Wildman–Crippen LogP) is 2.21. The Balaban J connectivity index is 3.03. The van der Waals surface area contributed by atoms with E-state index in [1.807, 2.05) is 0 Å². The van der Waals surface area contributed by atoms with Gasteiger partial charge in [0.05, 0.1) is 10.0 Å². The van der Waals surface area contributed by atoms with Crippen LogP contribution in [0.1, 0.15) is 13.8 Å². The van der Waals surface area contributed by atoms with E-state index in [2.05, 4.69) is 0 Å². The lowest BCUT2D eigenvalue weighted by Gasteiger charge is -2.11. The smallest absolute Gasteiger partial charge is 0.245 e. The molecule has 4 nitrogen and oxygen atoms in total. The van der Waals surface area contributed by atoms with Crippen molar-refractivity contribution >= 4 is 48.3 Å². The largest absolute Gasteiger partial charge is 0.436 e. The van der Waals surface area contributed by atoms with Gasteiger partial charge in [0, 0.05) is 11.6 Å². The Labute approximate surface area is 128 Å². The predicted molar refractivity (Wildman–Crippen MR) is 82.3 cm³/mol. The molecule has 1 aromatic carbocycles. The minimum atomic E-state index is -0.608. The van der Waals surface area contributed by atoms with Gasteiger partial charge in [0.2, 0.25) is 11.8 Å². The Morgan fingerprint density at radius 1 is 1.40 bits per heavy atom. The minimum Gasteiger partial charge on any atom is -0.436 e. The molecule has 0 aromatic heterocycles. The fraction of sp³-hybridized carbons (Fsp3) is 0.231. The van der Waals surface area contributed by atoms with E-state index in [1.165, 1.54) is 18.2 Å². The highest BCUT2D eigenvalue weighted by Gasteiger charge is 2.14. The molecule has 1 rings (SSSR count). The summed E-state index contributed by atoms with van der Waals surface area (Å²) >= 11 is 11.9. The lowest BCUT2D eigenvalue weighted by Crippen LogP contribution is -2.20. The number of carbonyl (C=O) groups excluding carboxylic acids is 1. The van der Waals surface area contributed by atoms with Gasteiger partial charge >= 0.3 is 0 Å². The van der Waals surface area contributed by atoms with Crippen molar-refractivity contribution in [2.24, 2.45) is 11.7 Å². The number of hydrogen-bond acceptors (Lipinski definition) is 3. The summed E-state index contributed by atoms with van der Waals surface area (Å²) in [6.45, 7) is 3.57. The second-order valence-corrected chi connectivity index (χ2v) is 5.21. The fourth-order valence-corrected chi connectivity index (χ4v) is 2.06. The van der Waals surface area contributed by atoms with E-state index in [-0.39, 0.29) is 33.2 Å². The highest BCUT2D eigenvalue weighted by atomic mass is 35.5. The lowest BCUT2D eigenvalue weighted by molar-refractivity contribution is -0.115. The maximum Gasteiger partial charge on any atom is 0.245 e. The van der Waals surface area contributed by atoms with Crippen molar-refractivity contribution in [1.82, 2.24) is 0 Å². The first-order valence-corrected chi connectivity index (χ1v) is 6.50. The number of halogens is 2. The molecule has 0 fully saturated rings. The number of rotatable bonds is 4. The number of amides is 1. The highest BCUT2D eigenvalue weighted by molar-refractivity contribution is 6.41. The maximum absolute atomic E-state index is 11.2. The van der Waals surface area contributed by atoms with E-state index in [4.69, 9.17) is 46.9 Å². The van der Waals surface area contributed by atoms with Crippen LogP contribution in [0.3, 0.4) is 0 Å². The molecule has 1 aromatic rings. The summed E-state index contributed by atoms with van der Waals surface area (Å²) in [5.41, 5.74) is 5.89. The van der Waals surface area contributed by atoms with Crippen molar-refractivity contribution in [1.29, 1.82) is 5.41 Å². The number of benzene rings is 1. The van der Waals surface area contributed by atoms with Gasteiger partial charge in [-0.2, -0.15) is 0 Å². The molecular weight excluding hydrogens is 298 g/mol. The molecule has 0 atom stereocenters. The summed E-state index contributed by atoms with van der Waals surface area (Å²) < 4.78 is 5.24. The highest BCUT2D eigenvalue weighted by Crippen LogP contribution is 2.31. The minimum absolute atomic E-state index is 0.108. The zero-order chi connectivity index (χ0) is 15.4. The third-order valence-electron chi connectivity index (χ3n) is 2.43. The topological polar surface area (TPSA) is 76.2 Å². The van der Waals surface area contributed by atoms with Crippen LogP contribution in [0.5, 0.6) is 5.75 Å². The Hall–Kier alpha value is -1.46. The molecule has 20 heavy (non-hydrogen) atoms. The van der Waals surface area contributed by atoms with Crippen LogP contribution in [0.15, 0.2) is 23.8 Å². The Kier molecular flexibility index (Phi) is 5.66. The lowest BCUT2D eigenvalue weighted by atomic mass is 9.96. The summed E-state index contributed by atoms with van der Waals surface area (Å²) in [7, 11) is 5.57. The Bertz CT molecular complexity index is 563. The normalized spacial score (nSPS) is 11.6. The fourth-order valence-electron chi connectivity index (χ4n) is 1.48. The first kappa shape index (κ1) is 16.6. The molecule has 0 aliphatic carbocycles. The zero-order valence-electron chi connectivity index (χ0n) is 11.0. The molecule has 0 unspecified atom stereocenters. The molecule has 1 amide bonds. The van der Waals surface area contributed by atoms with Crippen molar-refractivity contribution in [3.05, 3.63) is 33.8 Å². The SMILES string of the molecule is [B]c1cc(Cl)c(OC(=N)/C=C(\C(N)=O)C(C)C)c(Cl)c1. The summed E-state index contributed by atoms with van der Waals surface area (Å²) in [6, 6.07) is 2.91. The molecule has 7 heteroatoms. The average molecular weight is 311 g/mol. The summed E-state index contributed by atoms with van der Waals surface area (Å²) in [5.74, 6) is -0.922. The van der Waals surface area contributed by atoms with Gasteiger partial charge in [0.15, 0.2) is 5.75 Å². The summed E-state index contributed by atoms with van der Waals surface area (Å²) in [4.78, 5) is 11.2. The van der Waals surface area contributed by atoms with Crippen LogP contribution in [0.4, 0.5) is 0 Å². The molecule has 0 saturated carbocycles. The van der Waals surface area contributed by atoms with Crippen LogP contribution in [-0.4, -0.2) is 19.7 Å². The third-order valence-corrected chi connectivity index (χ3v) is 2.99. The van der Waals surface area contributed by atoms with E-state index in [1.54, 1.807) is 13.8 Å². The van der Waals surface area contributed by atoms with Gasteiger partial charge in [-0.25, -0.2) is 0 Å². The monoisotopic (exact) mass is 310 g/mol. The number of primary amides is 1. The molecule has 0 aliphatic heterocycles. The first-order chi connectivity index (χ1) is 9.22. The van der Waals surface area contributed by atoms with Gasteiger partial charge in [-0.1, -0.05) is 42.5 Å². The van der Waals surface area contributed by atoms with Crippen molar-refractivity contribution in [2.45, 2.75) is 13.8 Å². The van der Waals surface area contributed by atoms with Crippen LogP contribution >= 0.6 is 23.2 Å². The Morgan fingerprint density at radius 3 is 2.30 bits per heavy atom. The van der Waals surface area contributed by atoms with Crippen LogP contribution < -0.4 is 15.9 Å². The first-order valence-electron chi connectivity index (χ1n) is 5.74. The van der Waals surface area contributed by atoms with Gasteiger partial charge in [-0.05, 0) is 18.1 Å². The number of carbonyl (C=O) groups is 1. The van der Waals surface area contributed by atoms with Gasteiger partial charge in [-0.3, -0.25) is 10.2 Å². The van der Waals surface area contributed by atoms with Crippen molar-refractivity contribution in [2.75, 3.05) is 0 Å². The van der Waals surface area contributed by atoms with Crippen LogP contribution in [0.2, 0.25) is 10.0 Å². The summed E-state index contributed by atoms with van der Waals surface area (Å²) in [6.07, 6.45) is 1.25. The number of hydrogen-bond donors (Lipinski definition) is 2. The molecule has 0 aliphatic rings. The van der Waals surface area contributed by atoms with E-state index in [0.29, 0.717) is 5.46 Å². The van der Waals surface area contributed by atoms with E-state index in [0.717, 1.165) is 0 Å². The number of nitrogens with two attached hydrogens (primary N) is 1. The molecule has 0 heterocycles. The Morgan fingerprint density at radius 2 is 1.90 bits per heavy atom. The van der Waals surface area contributed by atoms with Gasteiger partial charge in [0.1, 0.15) is 7.85 Å². The second kappa shape index (κ2) is 6.82. The second-order valence-electron chi connectivity index (χ2n) is 4.40. The molecule has 3 N–H and O–H groups in total. The molecule has 2 radical (unpaired) electrons. The summed E-state index contributed by atoms with van der Waals surface area (Å²) in [5, 5.41) is 8.09. The maximum atomic E-state index is 11.2. The quantitative estimate of drug-likeness (QED) is 0.387.